The number of hydrogen-bond donors (Lipinski definition) is 1. The molecule has 0 atom stereocenters. The van der Waals surface area contributed by atoms with Crippen molar-refractivity contribution in [3.8, 4) is 0 Å². The Bertz CT molecular complexity index is 157. The molecule has 1 heterocycles. The fourth-order valence-electron chi connectivity index (χ4n) is 2.91. The Morgan fingerprint density at radius 2 is 1.62 bits per heavy atom. The number of aliphatic hydroxyl groups is 1. The summed E-state index contributed by atoms with van der Waals surface area (Å²) in [4.78, 5) is 2.54. The van der Waals surface area contributed by atoms with Gasteiger partial charge in [-0.3, -0.25) is 0 Å². The minimum absolute atomic E-state index is 0.282. The van der Waals surface area contributed by atoms with E-state index in [1.807, 2.05) is 0 Å². The van der Waals surface area contributed by atoms with Gasteiger partial charge in [0.15, 0.2) is 0 Å². The number of aliphatic hydroxyl groups excluding tert-OH is 1. The molecule has 0 aromatic rings. The van der Waals surface area contributed by atoms with E-state index in [4.69, 9.17) is 0 Å². The highest BCUT2D eigenvalue weighted by molar-refractivity contribution is 4.88. The lowest BCUT2D eigenvalue weighted by Crippen LogP contribution is -2.37. The average molecular weight is 183 g/mol. The van der Waals surface area contributed by atoms with Crippen molar-refractivity contribution in [2.45, 2.75) is 38.5 Å². The zero-order chi connectivity index (χ0) is 9.15. The summed E-state index contributed by atoms with van der Waals surface area (Å²) in [5, 5.41) is 9.45. The van der Waals surface area contributed by atoms with Gasteiger partial charge in [0.2, 0.25) is 0 Å². The number of nitrogens with zero attached hydrogens (tertiary/aromatic N) is 1. The van der Waals surface area contributed by atoms with Crippen LogP contribution in [0.4, 0.5) is 0 Å². The van der Waals surface area contributed by atoms with Crippen LogP contribution in [0.1, 0.15) is 38.5 Å². The minimum atomic E-state index is 0.282. The quantitative estimate of drug-likeness (QED) is 0.719. The molecule has 0 unspecified atom stereocenters. The Balaban J connectivity index is 1.88. The summed E-state index contributed by atoms with van der Waals surface area (Å²) in [5.74, 6) is 0. The smallest absolute Gasteiger partial charge is 0.0499 e. The van der Waals surface area contributed by atoms with E-state index in [2.05, 4.69) is 4.90 Å². The van der Waals surface area contributed by atoms with Crippen molar-refractivity contribution < 1.29 is 5.11 Å². The molecule has 0 spiro atoms. The highest BCUT2D eigenvalue weighted by atomic mass is 16.3. The maximum Gasteiger partial charge on any atom is 0.0499 e. The van der Waals surface area contributed by atoms with Gasteiger partial charge in [0.1, 0.15) is 0 Å². The third kappa shape index (κ3) is 2.05. The van der Waals surface area contributed by atoms with Gasteiger partial charge < -0.3 is 10.0 Å². The van der Waals surface area contributed by atoms with E-state index in [9.17, 15) is 5.11 Å². The zero-order valence-corrected chi connectivity index (χ0v) is 8.47. The summed E-state index contributed by atoms with van der Waals surface area (Å²) in [6.07, 6.45) is 7.88. The van der Waals surface area contributed by atoms with Gasteiger partial charge in [0.25, 0.3) is 0 Å². The third-order valence-electron chi connectivity index (χ3n) is 3.76. The normalized spacial score (nSPS) is 28.4. The first kappa shape index (κ1) is 9.47. The first-order valence-electron chi connectivity index (χ1n) is 5.68. The van der Waals surface area contributed by atoms with Gasteiger partial charge in [-0.25, -0.2) is 0 Å². The largest absolute Gasteiger partial charge is 0.396 e. The molecule has 2 heteroatoms. The van der Waals surface area contributed by atoms with Crippen molar-refractivity contribution in [1.29, 1.82) is 0 Å². The third-order valence-corrected chi connectivity index (χ3v) is 3.76. The van der Waals surface area contributed by atoms with Crippen molar-refractivity contribution in [2.24, 2.45) is 5.41 Å². The summed E-state index contributed by atoms with van der Waals surface area (Å²) in [6, 6.07) is 0. The van der Waals surface area contributed by atoms with Crippen molar-refractivity contribution >= 4 is 0 Å². The second-order valence-corrected chi connectivity index (χ2v) is 4.85. The van der Waals surface area contributed by atoms with E-state index < -0.39 is 0 Å². The van der Waals surface area contributed by atoms with Gasteiger partial charge >= 0.3 is 0 Å². The van der Waals surface area contributed by atoms with Gasteiger partial charge in [0, 0.05) is 18.6 Å². The molecule has 1 aliphatic carbocycles. The molecule has 1 saturated heterocycles. The van der Waals surface area contributed by atoms with E-state index >= 15 is 0 Å². The first-order chi connectivity index (χ1) is 6.35. The number of likely N-dealkylation sites (tertiary alicyclic amines) is 1. The molecule has 1 saturated carbocycles. The molecular weight excluding hydrogens is 162 g/mol. The summed E-state index contributed by atoms with van der Waals surface area (Å²) in [6.45, 7) is 4.09. The molecule has 0 bridgehead atoms. The van der Waals surface area contributed by atoms with Gasteiger partial charge in [-0.15, -0.1) is 0 Å². The van der Waals surface area contributed by atoms with Crippen molar-refractivity contribution in [2.75, 3.05) is 26.2 Å². The van der Waals surface area contributed by atoms with Crippen LogP contribution in [-0.4, -0.2) is 36.2 Å². The van der Waals surface area contributed by atoms with Gasteiger partial charge in [0.05, 0.1) is 0 Å². The molecule has 2 rings (SSSR count). The molecule has 2 aliphatic rings. The molecule has 0 amide bonds. The second-order valence-electron chi connectivity index (χ2n) is 4.85. The first-order valence-corrected chi connectivity index (χ1v) is 5.68. The van der Waals surface area contributed by atoms with E-state index in [-0.39, 0.29) is 5.41 Å². The SMILES string of the molecule is OCC1(CN2CCCC2)CCCC1. The Labute approximate surface area is 80.9 Å². The predicted molar refractivity (Wildman–Crippen MR) is 53.7 cm³/mol. The maximum absolute atomic E-state index is 9.45. The van der Waals surface area contributed by atoms with Crippen LogP contribution in [0.25, 0.3) is 0 Å². The lowest BCUT2D eigenvalue weighted by Gasteiger charge is -2.31. The van der Waals surface area contributed by atoms with Crippen LogP contribution >= 0.6 is 0 Å². The van der Waals surface area contributed by atoms with Crippen LogP contribution in [0.15, 0.2) is 0 Å². The lowest BCUT2D eigenvalue weighted by atomic mass is 9.87. The monoisotopic (exact) mass is 183 g/mol. The Morgan fingerprint density at radius 3 is 2.15 bits per heavy atom. The molecule has 1 aliphatic heterocycles. The van der Waals surface area contributed by atoms with Crippen LogP contribution in [0.5, 0.6) is 0 Å². The summed E-state index contributed by atoms with van der Waals surface area (Å²) in [5.41, 5.74) is 0.282. The summed E-state index contributed by atoms with van der Waals surface area (Å²) < 4.78 is 0. The van der Waals surface area contributed by atoms with Crippen LogP contribution in [0.2, 0.25) is 0 Å². The Kier molecular flexibility index (Phi) is 2.89. The standard InChI is InChI=1S/C11H21NO/c13-10-11(5-1-2-6-11)9-12-7-3-4-8-12/h13H,1-10H2. The van der Waals surface area contributed by atoms with Gasteiger partial charge in [-0.05, 0) is 38.8 Å². The minimum Gasteiger partial charge on any atom is -0.396 e. The molecular formula is C11H21NO. The molecule has 13 heavy (non-hydrogen) atoms. The molecule has 1 N–H and O–H groups in total. The van der Waals surface area contributed by atoms with E-state index in [1.54, 1.807) is 0 Å². The van der Waals surface area contributed by atoms with E-state index in [0.29, 0.717) is 6.61 Å². The maximum atomic E-state index is 9.45. The molecule has 76 valence electrons. The molecule has 2 nitrogen and oxygen atoms in total. The van der Waals surface area contributed by atoms with Crippen molar-refractivity contribution in [3.63, 3.8) is 0 Å². The Morgan fingerprint density at radius 1 is 1.00 bits per heavy atom. The fourth-order valence-corrected chi connectivity index (χ4v) is 2.91. The lowest BCUT2D eigenvalue weighted by molar-refractivity contribution is 0.0883. The fraction of sp³-hybridized carbons (Fsp3) is 1.00. The topological polar surface area (TPSA) is 23.5 Å². The van der Waals surface area contributed by atoms with Gasteiger partial charge in [-0.1, -0.05) is 12.8 Å². The second kappa shape index (κ2) is 3.97. The van der Waals surface area contributed by atoms with Crippen molar-refractivity contribution in [3.05, 3.63) is 0 Å². The van der Waals surface area contributed by atoms with Crippen LogP contribution < -0.4 is 0 Å². The van der Waals surface area contributed by atoms with Crippen LogP contribution in [0.3, 0.4) is 0 Å². The van der Waals surface area contributed by atoms with Gasteiger partial charge in [-0.2, -0.15) is 0 Å². The highest BCUT2D eigenvalue weighted by Crippen LogP contribution is 2.38. The summed E-state index contributed by atoms with van der Waals surface area (Å²) >= 11 is 0. The number of rotatable bonds is 3. The van der Waals surface area contributed by atoms with Crippen LogP contribution in [-0.2, 0) is 0 Å². The molecule has 2 fully saturated rings. The van der Waals surface area contributed by atoms with E-state index in [0.717, 1.165) is 6.54 Å². The van der Waals surface area contributed by atoms with E-state index in [1.165, 1.54) is 51.6 Å². The number of hydrogen-bond acceptors (Lipinski definition) is 2. The summed E-state index contributed by atoms with van der Waals surface area (Å²) in [7, 11) is 0. The molecule has 0 radical (unpaired) electrons. The average Bonchev–Trinajstić information content (AvgIpc) is 2.77. The highest BCUT2D eigenvalue weighted by Gasteiger charge is 2.35. The predicted octanol–water partition coefficient (Wildman–Crippen LogP) is 1.63. The molecule has 0 aromatic carbocycles. The van der Waals surface area contributed by atoms with Crippen molar-refractivity contribution in [1.82, 2.24) is 4.90 Å². The Hall–Kier alpha value is -0.0800. The van der Waals surface area contributed by atoms with Crippen LogP contribution in [0, 0.1) is 5.41 Å². The zero-order valence-electron chi connectivity index (χ0n) is 8.47. The molecule has 0 aromatic heterocycles.